The van der Waals surface area contributed by atoms with Crippen LogP contribution in [0.5, 0.6) is 0 Å². The summed E-state index contributed by atoms with van der Waals surface area (Å²) in [5.74, 6) is 2.85. The van der Waals surface area contributed by atoms with Gasteiger partial charge in [-0.3, -0.25) is 4.68 Å². The minimum absolute atomic E-state index is 0.585. The summed E-state index contributed by atoms with van der Waals surface area (Å²) in [5.41, 5.74) is 2.19. The molecule has 0 aliphatic heterocycles. The molecule has 2 aliphatic carbocycles. The number of hydrogen-bond acceptors (Lipinski definition) is 2. The van der Waals surface area contributed by atoms with Crippen molar-refractivity contribution < 1.29 is 0 Å². The molecule has 0 saturated heterocycles. The summed E-state index contributed by atoms with van der Waals surface area (Å²) in [6.07, 6.45) is 6.74. The average Bonchev–Trinajstić information content (AvgIpc) is 3.18. The van der Waals surface area contributed by atoms with E-state index < -0.39 is 0 Å². The number of hydrogen-bond donors (Lipinski definition) is 1. The summed E-state index contributed by atoms with van der Waals surface area (Å²) < 4.78 is 2.06. The molecule has 1 aromatic heterocycles. The monoisotopic (exact) mass is 309 g/mol. The van der Waals surface area contributed by atoms with E-state index >= 15 is 0 Å². The first kappa shape index (κ1) is 15.4. The smallest absolute Gasteiger partial charge is 0.0863 e. The van der Waals surface area contributed by atoms with Crippen molar-refractivity contribution in [1.82, 2.24) is 15.1 Å². The van der Waals surface area contributed by atoms with Gasteiger partial charge in [-0.25, -0.2) is 0 Å². The van der Waals surface area contributed by atoms with Crippen molar-refractivity contribution in [3.63, 3.8) is 0 Å². The Morgan fingerprint density at radius 1 is 1.33 bits per heavy atom. The fourth-order valence-electron chi connectivity index (χ4n) is 4.50. The fourth-order valence-corrected chi connectivity index (χ4v) is 4.84. The summed E-state index contributed by atoms with van der Waals surface area (Å²) in [7, 11) is 0. The molecule has 0 spiro atoms. The number of halogens is 1. The van der Waals surface area contributed by atoms with Crippen LogP contribution in [0.25, 0.3) is 0 Å². The summed E-state index contributed by atoms with van der Waals surface area (Å²) in [4.78, 5) is 0. The van der Waals surface area contributed by atoms with Crippen molar-refractivity contribution >= 4 is 11.6 Å². The molecule has 0 amide bonds. The molecule has 2 saturated carbocycles. The third-order valence-corrected chi connectivity index (χ3v) is 6.16. The van der Waals surface area contributed by atoms with Gasteiger partial charge < -0.3 is 5.32 Å². The highest BCUT2D eigenvalue weighted by atomic mass is 35.5. The highest BCUT2D eigenvalue weighted by Gasteiger charge is 2.41. The minimum atomic E-state index is 0.585. The van der Waals surface area contributed by atoms with Crippen LogP contribution in [-0.4, -0.2) is 15.8 Å². The molecule has 21 heavy (non-hydrogen) atoms. The van der Waals surface area contributed by atoms with Crippen molar-refractivity contribution in [2.75, 3.05) is 0 Å². The third-order valence-electron chi connectivity index (χ3n) is 5.72. The Morgan fingerprint density at radius 2 is 2.14 bits per heavy atom. The molecule has 4 unspecified atom stereocenters. The second-order valence-electron chi connectivity index (χ2n) is 6.88. The Morgan fingerprint density at radius 3 is 2.71 bits per heavy atom. The summed E-state index contributed by atoms with van der Waals surface area (Å²) in [5, 5.41) is 9.21. The van der Waals surface area contributed by atoms with Crippen LogP contribution in [0.2, 0.25) is 5.02 Å². The van der Waals surface area contributed by atoms with Gasteiger partial charge >= 0.3 is 0 Å². The number of fused-ring (bicyclic) bond motifs is 2. The van der Waals surface area contributed by atoms with E-state index in [4.69, 9.17) is 11.6 Å². The molecule has 3 rings (SSSR count). The first-order valence-electron chi connectivity index (χ1n) is 8.61. The van der Waals surface area contributed by atoms with E-state index in [9.17, 15) is 0 Å². The van der Waals surface area contributed by atoms with Crippen molar-refractivity contribution in [3.8, 4) is 0 Å². The Bertz CT molecular complexity index is 496. The number of aromatic nitrogens is 2. The average molecular weight is 310 g/mol. The zero-order valence-corrected chi connectivity index (χ0v) is 14.3. The van der Waals surface area contributed by atoms with Gasteiger partial charge in [-0.05, 0) is 57.3 Å². The Kier molecular flexibility index (Phi) is 4.60. The van der Waals surface area contributed by atoms with E-state index in [1.54, 1.807) is 0 Å². The van der Waals surface area contributed by atoms with Crippen LogP contribution < -0.4 is 5.32 Å². The summed E-state index contributed by atoms with van der Waals surface area (Å²) >= 11 is 6.49. The molecule has 3 nitrogen and oxygen atoms in total. The van der Waals surface area contributed by atoms with E-state index in [0.29, 0.717) is 6.04 Å². The quantitative estimate of drug-likeness (QED) is 0.859. The number of nitrogens with one attached hydrogen (secondary N) is 1. The third kappa shape index (κ3) is 2.87. The fraction of sp³-hybridized carbons (Fsp3) is 0.824. The van der Waals surface area contributed by atoms with Crippen molar-refractivity contribution in [2.45, 2.75) is 72.0 Å². The molecule has 0 aromatic carbocycles. The molecular weight excluding hydrogens is 282 g/mol. The number of rotatable bonds is 6. The maximum atomic E-state index is 6.49. The van der Waals surface area contributed by atoms with E-state index in [-0.39, 0.29) is 0 Å². The zero-order chi connectivity index (χ0) is 15.0. The van der Waals surface area contributed by atoms with Gasteiger partial charge in [0.25, 0.3) is 0 Å². The van der Waals surface area contributed by atoms with Crippen molar-refractivity contribution in [3.05, 3.63) is 16.4 Å². The van der Waals surface area contributed by atoms with Crippen LogP contribution in [0.15, 0.2) is 0 Å². The minimum Gasteiger partial charge on any atom is -0.308 e. The van der Waals surface area contributed by atoms with Crippen LogP contribution in [-0.2, 0) is 19.5 Å². The Hall–Kier alpha value is -0.540. The topological polar surface area (TPSA) is 29.9 Å². The highest BCUT2D eigenvalue weighted by molar-refractivity contribution is 6.31. The van der Waals surface area contributed by atoms with E-state index in [0.717, 1.165) is 53.7 Å². The number of nitrogens with zero attached hydrogens (tertiary/aromatic N) is 2. The Balaban J connectivity index is 1.63. The Labute approximate surface area is 133 Å². The van der Waals surface area contributed by atoms with Gasteiger partial charge in [0.15, 0.2) is 0 Å². The van der Waals surface area contributed by atoms with Crippen LogP contribution in [0.1, 0.15) is 57.8 Å². The molecule has 1 heterocycles. The molecule has 1 aromatic rings. The lowest BCUT2D eigenvalue weighted by atomic mass is 9.84. The van der Waals surface area contributed by atoms with Crippen LogP contribution >= 0.6 is 11.6 Å². The number of aryl methyl sites for hydroxylation is 2. The van der Waals surface area contributed by atoms with Crippen LogP contribution in [0, 0.1) is 17.8 Å². The molecule has 4 heteroatoms. The molecule has 0 radical (unpaired) electrons. The predicted molar refractivity (Wildman–Crippen MR) is 87.5 cm³/mol. The van der Waals surface area contributed by atoms with Gasteiger partial charge in [-0.15, -0.1) is 0 Å². The molecule has 2 fully saturated rings. The standard InChI is InChI=1S/C17H28ClN3/c1-4-15-17(18)16(21(5-2)20-15)10-19-11(3)14-9-12-6-7-13(14)8-12/h11-14,19H,4-10H2,1-3H3. The van der Waals surface area contributed by atoms with Crippen molar-refractivity contribution in [1.29, 1.82) is 0 Å². The molecule has 1 N–H and O–H groups in total. The van der Waals surface area contributed by atoms with Gasteiger partial charge in [0, 0.05) is 19.1 Å². The first-order valence-corrected chi connectivity index (χ1v) is 8.99. The maximum absolute atomic E-state index is 6.49. The van der Waals surface area contributed by atoms with Gasteiger partial charge in [0.2, 0.25) is 0 Å². The van der Waals surface area contributed by atoms with Crippen molar-refractivity contribution in [2.24, 2.45) is 17.8 Å². The summed E-state index contributed by atoms with van der Waals surface area (Å²) in [6, 6.07) is 0.585. The summed E-state index contributed by atoms with van der Waals surface area (Å²) in [6.45, 7) is 8.33. The highest BCUT2D eigenvalue weighted by Crippen LogP contribution is 2.49. The lowest BCUT2D eigenvalue weighted by Crippen LogP contribution is -2.36. The van der Waals surface area contributed by atoms with Gasteiger partial charge in [0.1, 0.15) is 0 Å². The molecule has 4 atom stereocenters. The van der Waals surface area contributed by atoms with Gasteiger partial charge in [-0.1, -0.05) is 24.9 Å². The van der Waals surface area contributed by atoms with Gasteiger partial charge in [0.05, 0.1) is 16.4 Å². The molecule has 2 aliphatic rings. The molecular formula is C17H28ClN3. The normalized spacial score (nSPS) is 29.2. The largest absolute Gasteiger partial charge is 0.308 e. The van der Waals surface area contributed by atoms with Gasteiger partial charge in [-0.2, -0.15) is 5.10 Å². The van der Waals surface area contributed by atoms with Crippen LogP contribution in [0.3, 0.4) is 0 Å². The zero-order valence-electron chi connectivity index (χ0n) is 13.5. The maximum Gasteiger partial charge on any atom is 0.0863 e. The molecule has 118 valence electrons. The van der Waals surface area contributed by atoms with E-state index in [2.05, 4.69) is 35.9 Å². The lowest BCUT2D eigenvalue weighted by Gasteiger charge is -2.28. The van der Waals surface area contributed by atoms with Crippen LogP contribution in [0.4, 0.5) is 0 Å². The van der Waals surface area contributed by atoms with E-state index in [1.165, 1.54) is 25.7 Å². The lowest BCUT2D eigenvalue weighted by molar-refractivity contribution is 0.258. The van der Waals surface area contributed by atoms with E-state index in [1.807, 2.05) is 0 Å². The second-order valence-corrected chi connectivity index (χ2v) is 7.26. The SMILES string of the molecule is CCc1nn(CC)c(CNC(C)C2CC3CCC2C3)c1Cl. The predicted octanol–water partition coefficient (Wildman–Crippen LogP) is 4.03. The first-order chi connectivity index (χ1) is 10.1. The second kappa shape index (κ2) is 6.29. The molecule has 2 bridgehead atoms.